The molecule has 1 aliphatic carbocycles. The lowest BCUT2D eigenvalue weighted by Gasteiger charge is -2.19. The number of H-pyrrole nitrogens is 1. The second-order valence-corrected chi connectivity index (χ2v) is 9.57. The number of aromatic nitrogens is 3. The van der Waals surface area contributed by atoms with Gasteiger partial charge in [-0.3, -0.25) is 4.79 Å². The summed E-state index contributed by atoms with van der Waals surface area (Å²) in [4.78, 5) is 24.9. The van der Waals surface area contributed by atoms with E-state index in [2.05, 4.69) is 66.1 Å². The van der Waals surface area contributed by atoms with Crippen molar-refractivity contribution in [1.82, 2.24) is 15.0 Å². The van der Waals surface area contributed by atoms with Crippen LogP contribution in [0.2, 0.25) is 0 Å². The Labute approximate surface area is 182 Å². The second-order valence-electron chi connectivity index (χ2n) is 9.57. The molecule has 1 atom stereocenters. The highest BCUT2D eigenvalue weighted by atomic mass is 16.1. The zero-order valence-electron chi connectivity index (χ0n) is 18.3. The van der Waals surface area contributed by atoms with E-state index in [9.17, 15) is 4.79 Å². The molecule has 0 saturated heterocycles. The lowest BCUT2D eigenvalue weighted by atomic mass is 9.86. The molecular weight excluding hydrogens is 382 g/mol. The standard InChI is InChI=1S/C27H27N3O/c1-27(2,3)21-9-6-17(7-10-21)24(31)15-19-5-4-18-14-20(8-11-22(18)19)25-23-12-13-28-26(23)30-16-29-25/h6-14,16,19H,4-5,15H2,1-3H3,(H,28,29,30). The number of nitrogens with one attached hydrogen (secondary N) is 1. The van der Waals surface area contributed by atoms with E-state index in [0.29, 0.717) is 6.42 Å². The van der Waals surface area contributed by atoms with Crippen LogP contribution < -0.4 is 0 Å². The van der Waals surface area contributed by atoms with Crippen molar-refractivity contribution in [1.29, 1.82) is 0 Å². The summed E-state index contributed by atoms with van der Waals surface area (Å²) in [6.45, 7) is 6.57. The number of nitrogens with zero attached hydrogens (tertiary/aromatic N) is 2. The van der Waals surface area contributed by atoms with E-state index < -0.39 is 0 Å². The van der Waals surface area contributed by atoms with Gasteiger partial charge in [-0.1, -0.05) is 57.2 Å². The molecule has 0 amide bonds. The summed E-state index contributed by atoms with van der Waals surface area (Å²) >= 11 is 0. The Bertz CT molecular complexity index is 1260. The summed E-state index contributed by atoms with van der Waals surface area (Å²) in [5.74, 6) is 0.517. The van der Waals surface area contributed by atoms with E-state index in [0.717, 1.165) is 40.7 Å². The summed E-state index contributed by atoms with van der Waals surface area (Å²) < 4.78 is 0. The number of hydrogen-bond acceptors (Lipinski definition) is 3. The fraction of sp³-hybridized carbons (Fsp3) is 0.296. The molecule has 0 saturated carbocycles. The maximum absolute atomic E-state index is 13.0. The molecule has 0 spiro atoms. The Morgan fingerprint density at radius 3 is 2.65 bits per heavy atom. The average molecular weight is 410 g/mol. The first-order valence-corrected chi connectivity index (χ1v) is 11.0. The first-order valence-electron chi connectivity index (χ1n) is 11.0. The normalized spacial score (nSPS) is 15.9. The van der Waals surface area contributed by atoms with Crippen molar-refractivity contribution in [3.05, 3.63) is 83.3 Å². The molecule has 1 aliphatic rings. The smallest absolute Gasteiger partial charge is 0.163 e. The van der Waals surface area contributed by atoms with Crippen molar-refractivity contribution in [2.24, 2.45) is 0 Å². The molecule has 1 unspecified atom stereocenters. The lowest BCUT2D eigenvalue weighted by molar-refractivity contribution is 0.0973. The Balaban J connectivity index is 1.36. The third-order valence-corrected chi connectivity index (χ3v) is 6.48. The number of aryl methyl sites for hydroxylation is 1. The van der Waals surface area contributed by atoms with Gasteiger partial charge in [0, 0.05) is 29.1 Å². The minimum atomic E-state index is 0.0966. The fourth-order valence-corrected chi connectivity index (χ4v) is 4.67. The number of benzene rings is 2. The van der Waals surface area contributed by atoms with Crippen molar-refractivity contribution in [3.8, 4) is 11.3 Å². The van der Waals surface area contributed by atoms with Gasteiger partial charge < -0.3 is 4.98 Å². The van der Waals surface area contributed by atoms with E-state index in [1.165, 1.54) is 16.7 Å². The monoisotopic (exact) mass is 409 g/mol. The van der Waals surface area contributed by atoms with Crippen LogP contribution in [0.1, 0.15) is 66.6 Å². The van der Waals surface area contributed by atoms with Gasteiger partial charge in [0.25, 0.3) is 0 Å². The van der Waals surface area contributed by atoms with Crippen molar-refractivity contribution >= 4 is 16.8 Å². The van der Waals surface area contributed by atoms with Gasteiger partial charge in [0.2, 0.25) is 0 Å². The average Bonchev–Trinajstić information content (AvgIpc) is 3.40. The predicted molar refractivity (Wildman–Crippen MR) is 124 cm³/mol. The largest absolute Gasteiger partial charge is 0.346 e. The Kier molecular flexibility index (Phi) is 4.73. The maximum atomic E-state index is 13.0. The Morgan fingerprint density at radius 1 is 1.06 bits per heavy atom. The van der Waals surface area contributed by atoms with Gasteiger partial charge in [0.1, 0.15) is 12.0 Å². The maximum Gasteiger partial charge on any atom is 0.163 e. The molecule has 2 aromatic carbocycles. The molecule has 31 heavy (non-hydrogen) atoms. The van der Waals surface area contributed by atoms with Gasteiger partial charge in [0.15, 0.2) is 5.78 Å². The molecule has 0 aliphatic heterocycles. The van der Waals surface area contributed by atoms with E-state index in [-0.39, 0.29) is 17.1 Å². The lowest BCUT2D eigenvalue weighted by Crippen LogP contribution is -2.11. The minimum Gasteiger partial charge on any atom is -0.346 e. The van der Waals surface area contributed by atoms with Crippen LogP contribution in [-0.4, -0.2) is 20.7 Å². The molecule has 156 valence electrons. The minimum absolute atomic E-state index is 0.0966. The number of carbonyl (C=O) groups is 1. The number of aromatic amines is 1. The number of hydrogen-bond donors (Lipinski definition) is 1. The van der Waals surface area contributed by atoms with Crippen LogP contribution in [0.3, 0.4) is 0 Å². The number of ketones is 1. The quantitative estimate of drug-likeness (QED) is 0.407. The summed E-state index contributed by atoms with van der Waals surface area (Å²) in [6, 6.07) is 16.7. The van der Waals surface area contributed by atoms with Crippen molar-refractivity contribution < 1.29 is 4.79 Å². The van der Waals surface area contributed by atoms with Crippen LogP contribution in [0.15, 0.2) is 61.1 Å². The van der Waals surface area contributed by atoms with E-state index in [4.69, 9.17) is 0 Å². The first kappa shape index (κ1) is 19.7. The van der Waals surface area contributed by atoms with Gasteiger partial charge in [-0.2, -0.15) is 0 Å². The van der Waals surface area contributed by atoms with Gasteiger partial charge in [-0.15, -0.1) is 0 Å². The highest BCUT2D eigenvalue weighted by Crippen LogP contribution is 2.39. The summed E-state index contributed by atoms with van der Waals surface area (Å²) in [7, 11) is 0. The van der Waals surface area contributed by atoms with Gasteiger partial charge in [-0.25, -0.2) is 9.97 Å². The van der Waals surface area contributed by atoms with Crippen LogP contribution in [0.25, 0.3) is 22.3 Å². The number of rotatable bonds is 4. The predicted octanol–water partition coefficient (Wildman–Crippen LogP) is 6.23. The molecule has 4 heteroatoms. The van der Waals surface area contributed by atoms with Crippen LogP contribution in [-0.2, 0) is 11.8 Å². The molecule has 2 aromatic heterocycles. The third kappa shape index (κ3) is 3.67. The van der Waals surface area contributed by atoms with Gasteiger partial charge in [-0.05, 0) is 53.0 Å². The summed E-state index contributed by atoms with van der Waals surface area (Å²) in [5, 5.41) is 1.03. The molecule has 0 bridgehead atoms. The zero-order valence-corrected chi connectivity index (χ0v) is 18.3. The fourth-order valence-electron chi connectivity index (χ4n) is 4.67. The Hall–Kier alpha value is -3.27. The number of carbonyl (C=O) groups excluding carboxylic acids is 1. The summed E-state index contributed by atoms with van der Waals surface area (Å²) in [5.41, 5.74) is 7.72. The zero-order chi connectivity index (χ0) is 21.6. The van der Waals surface area contributed by atoms with Crippen molar-refractivity contribution in [3.63, 3.8) is 0 Å². The molecule has 5 rings (SSSR count). The SMILES string of the molecule is CC(C)(C)c1ccc(C(=O)CC2CCc3cc(-c4ncnc5[nH]ccc45)ccc32)cc1. The highest BCUT2D eigenvalue weighted by Gasteiger charge is 2.26. The van der Waals surface area contributed by atoms with E-state index in [1.807, 2.05) is 24.4 Å². The molecule has 0 fully saturated rings. The van der Waals surface area contributed by atoms with Gasteiger partial charge in [0.05, 0.1) is 5.69 Å². The summed E-state index contributed by atoms with van der Waals surface area (Å²) in [6.07, 6.45) is 6.09. The number of fused-ring (bicyclic) bond motifs is 2. The number of Topliss-reactive ketones (excluding diaryl/α,β-unsaturated/α-hetero) is 1. The van der Waals surface area contributed by atoms with Crippen LogP contribution in [0, 0.1) is 0 Å². The van der Waals surface area contributed by atoms with Crippen LogP contribution in [0.4, 0.5) is 0 Å². The molecule has 0 radical (unpaired) electrons. The van der Waals surface area contributed by atoms with E-state index >= 15 is 0 Å². The van der Waals surface area contributed by atoms with Crippen LogP contribution in [0.5, 0.6) is 0 Å². The third-order valence-electron chi connectivity index (χ3n) is 6.48. The molecule has 2 heterocycles. The van der Waals surface area contributed by atoms with Crippen molar-refractivity contribution in [2.45, 2.75) is 51.4 Å². The first-order chi connectivity index (χ1) is 14.9. The van der Waals surface area contributed by atoms with Gasteiger partial charge >= 0.3 is 0 Å². The van der Waals surface area contributed by atoms with E-state index in [1.54, 1.807) is 6.33 Å². The van der Waals surface area contributed by atoms with Crippen LogP contribution >= 0.6 is 0 Å². The second kappa shape index (κ2) is 7.45. The molecule has 4 nitrogen and oxygen atoms in total. The van der Waals surface area contributed by atoms with Crippen molar-refractivity contribution in [2.75, 3.05) is 0 Å². The highest BCUT2D eigenvalue weighted by molar-refractivity contribution is 5.96. The topological polar surface area (TPSA) is 58.6 Å². The molecular formula is C27H27N3O. The Morgan fingerprint density at radius 2 is 1.87 bits per heavy atom. The molecule has 4 aromatic rings. The molecule has 1 N–H and O–H groups in total.